The number of ether oxygens (including phenoxy) is 1. The third-order valence-electron chi connectivity index (χ3n) is 2.72. The molecule has 1 amide bonds. The number of hydrogen-bond acceptors (Lipinski definition) is 4. The summed E-state index contributed by atoms with van der Waals surface area (Å²) in [4.78, 5) is 17.8. The minimum atomic E-state index is -0.598. The third-order valence-corrected chi connectivity index (χ3v) is 3.15. The molecule has 104 valence electrons. The molecule has 0 aliphatic carbocycles. The highest BCUT2D eigenvalue weighted by Gasteiger charge is 2.31. The second kappa shape index (κ2) is 5.09. The molecule has 6 heteroatoms. The van der Waals surface area contributed by atoms with Crippen molar-refractivity contribution in [1.29, 1.82) is 0 Å². The lowest BCUT2D eigenvalue weighted by Gasteiger charge is -2.32. The predicted octanol–water partition coefficient (Wildman–Crippen LogP) is 3.02. The van der Waals surface area contributed by atoms with Crippen LogP contribution in [0.4, 0.5) is 10.6 Å². The van der Waals surface area contributed by atoms with Crippen LogP contribution in [0.5, 0.6) is 0 Å². The largest absolute Gasteiger partial charge is 0.443 e. The number of carbonyl (C=O) groups is 1. The molecule has 0 saturated carbocycles. The fraction of sp³-hybridized carbons (Fsp3) is 0.538. The van der Waals surface area contributed by atoms with E-state index in [-0.39, 0.29) is 0 Å². The molecule has 1 aromatic rings. The Balaban J connectivity index is 2.31. The quantitative estimate of drug-likeness (QED) is 0.795. The van der Waals surface area contributed by atoms with Crippen LogP contribution in [-0.2, 0) is 4.74 Å². The van der Waals surface area contributed by atoms with E-state index in [9.17, 15) is 9.90 Å². The number of hydrogen-bond donors (Lipinski definition) is 1. The van der Waals surface area contributed by atoms with Crippen molar-refractivity contribution in [3.05, 3.63) is 22.3 Å². The van der Waals surface area contributed by atoms with Crippen molar-refractivity contribution in [2.45, 2.75) is 38.9 Å². The maximum Gasteiger partial charge on any atom is 0.416 e. The maximum atomic E-state index is 12.1. The SMILES string of the molecule is CC(C)(C)OC(=O)N1CCC(O)c2cc(Br)cnc21. The van der Waals surface area contributed by atoms with Crippen LogP contribution >= 0.6 is 15.9 Å². The predicted molar refractivity (Wildman–Crippen MR) is 75.1 cm³/mol. The number of nitrogens with zero attached hydrogens (tertiary/aromatic N) is 2. The molecule has 1 aliphatic heterocycles. The van der Waals surface area contributed by atoms with E-state index < -0.39 is 17.8 Å². The fourth-order valence-electron chi connectivity index (χ4n) is 1.93. The topological polar surface area (TPSA) is 62.7 Å². The zero-order chi connectivity index (χ0) is 14.2. The first-order valence-electron chi connectivity index (χ1n) is 6.12. The molecule has 1 atom stereocenters. The van der Waals surface area contributed by atoms with Gasteiger partial charge in [-0.3, -0.25) is 4.90 Å². The van der Waals surface area contributed by atoms with Gasteiger partial charge in [0.15, 0.2) is 0 Å². The number of anilines is 1. The van der Waals surface area contributed by atoms with Crippen LogP contribution in [0.3, 0.4) is 0 Å². The van der Waals surface area contributed by atoms with E-state index in [4.69, 9.17) is 4.74 Å². The van der Waals surface area contributed by atoms with Crippen molar-refractivity contribution in [2.75, 3.05) is 11.4 Å². The minimum Gasteiger partial charge on any atom is -0.443 e. The van der Waals surface area contributed by atoms with Gasteiger partial charge in [0, 0.05) is 22.8 Å². The molecule has 2 heterocycles. The summed E-state index contributed by atoms with van der Waals surface area (Å²) in [7, 11) is 0. The van der Waals surface area contributed by atoms with Gasteiger partial charge >= 0.3 is 6.09 Å². The normalized spacial score (nSPS) is 19.0. The number of pyridine rings is 1. The van der Waals surface area contributed by atoms with Gasteiger partial charge in [-0.05, 0) is 49.2 Å². The Hall–Kier alpha value is -1.14. The molecule has 1 aromatic heterocycles. The number of fused-ring (bicyclic) bond motifs is 1. The van der Waals surface area contributed by atoms with E-state index >= 15 is 0 Å². The molecule has 0 aromatic carbocycles. The summed E-state index contributed by atoms with van der Waals surface area (Å²) in [6.07, 6.45) is 1.05. The average molecular weight is 329 g/mol. The van der Waals surface area contributed by atoms with Crippen LogP contribution in [0.2, 0.25) is 0 Å². The number of aliphatic hydroxyl groups is 1. The smallest absolute Gasteiger partial charge is 0.416 e. The number of aromatic nitrogens is 1. The van der Waals surface area contributed by atoms with Crippen molar-refractivity contribution in [3.63, 3.8) is 0 Å². The Morgan fingerprint density at radius 3 is 2.89 bits per heavy atom. The molecule has 1 aliphatic rings. The molecule has 0 fully saturated rings. The van der Waals surface area contributed by atoms with Crippen LogP contribution in [0.1, 0.15) is 38.9 Å². The first-order valence-corrected chi connectivity index (χ1v) is 6.91. The number of aliphatic hydroxyl groups excluding tert-OH is 1. The van der Waals surface area contributed by atoms with Gasteiger partial charge in [-0.2, -0.15) is 0 Å². The highest BCUT2D eigenvalue weighted by Crippen LogP contribution is 2.34. The molecule has 19 heavy (non-hydrogen) atoms. The summed E-state index contributed by atoms with van der Waals surface area (Å²) >= 11 is 3.32. The second-order valence-electron chi connectivity index (χ2n) is 5.50. The van der Waals surface area contributed by atoms with Crippen LogP contribution < -0.4 is 4.90 Å². The molecular formula is C13H17BrN2O3. The Bertz CT molecular complexity index is 499. The van der Waals surface area contributed by atoms with Gasteiger partial charge in [-0.15, -0.1) is 0 Å². The lowest BCUT2D eigenvalue weighted by Crippen LogP contribution is -2.41. The Morgan fingerprint density at radius 2 is 2.26 bits per heavy atom. The van der Waals surface area contributed by atoms with Crippen molar-refractivity contribution >= 4 is 27.8 Å². The number of carbonyl (C=O) groups excluding carboxylic acids is 1. The molecular weight excluding hydrogens is 312 g/mol. The zero-order valence-electron chi connectivity index (χ0n) is 11.2. The summed E-state index contributed by atoms with van der Waals surface area (Å²) in [6.45, 7) is 5.86. The average Bonchev–Trinajstić information content (AvgIpc) is 2.27. The third kappa shape index (κ3) is 3.25. The molecule has 0 saturated heterocycles. The highest BCUT2D eigenvalue weighted by atomic mass is 79.9. The Kier molecular flexibility index (Phi) is 3.82. The zero-order valence-corrected chi connectivity index (χ0v) is 12.8. The van der Waals surface area contributed by atoms with Crippen LogP contribution in [0.15, 0.2) is 16.7 Å². The van der Waals surface area contributed by atoms with Gasteiger partial charge in [-0.1, -0.05) is 0 Å². The van der Waals surface area contributed by atoms with Gasteiger partial charge in [0.1, 0.15) is 11.4 Å². The Labute approximate surface area is 120 Å². The van der Waals surface area contributed by atoms with Gasteiger partial charge in [-0.25, -0.2) is 9.78 Å². The molecule has 0 bridgehead atoms. The number of amides is 1. The maximum absolute atomic E-state index is 12.1. The fourth-order valence-corrected chi connectivity index (χ4v) is 2.28. The minimum absolute atomic E-state index is 0.401. The standard InChI is InChI=1S/C13H17BrN2O3/c1-13(2,3)19-12(18)16-5-4-10(17)9-6-8(14)7-15-11(9)16/h6-7,10,17H,4-5H2,1-3H3. The van der Waals surface area contributed by atoms with Crippen molar-refractivity contribution in [1.82, 2.24) is 4.98 Å². The highest BCUT2D eigenvalue weighted by molar-refractivity contribution is 9.10. The molecule has 2 rings (SSSR count). The van der Waals surface area contributed by atoms with E-state index in [0.717, 1.165) is 4.47 Å². The van der Waals surface area contributed by atoms with Crippen molar-refractivity contribution in [3.8, 4) is 0 Å². The lowest BCUT2D eigenvalue weighted by molar-refractivity contribution is 0.0563. The first kappa shape index (κ1) is 14.3. The van der Waals surface area contributed by atoms with Gasteiger partial charge in [0.25, 0.3) is 0 Å². The Morgan fingerprint density at radius 1 is 1.58 bits per heavy atom. The molecule has 1 unspecified atom stereocenters. The second-order valence-corrected chi connectivity index (χ2v) is 6.42. The molecule has 0 radical (unpaired) electrons. The van der Waals surface area contributed by atoms with Crippen molar-refractivity contribution in [2.24, 2.45) is 0 Å². The summed E-state index contributed by atoms with van der Waals surface area (Å²) in [5.41, 5.74) is 0.0920. The van der Waals surface area contributed by atoms with E-state index in [2.05, 4.69) is 20.9 Å². The van der Waals surface area contributed by atoms with Crippen LogP contribution in [-0.4, -0.2) is 28.3 Å². The van der Waals surface area contributed by atoms with Gasteiger partial charge in [0.2, 0.25) is 0 Å². The van der Waals surface area contributed by atoms with E-state index in [0.29, 0.717) is 24.3 Å². The van der Waals surface area contributed by atoms with Gasteiger partial charge in [0.05, 0.1) is 6.10 Å². The first-order chi connectivity index (χ1) is 8.78. The summed E-state index contributed by atoms with van der Waals surface area (Å²) < 4.78 is 6.13. The number of halogens is 1. The molecule has 1 N–H and O–H groups in total. The van der Waals surface area contributed by atoms with Crippen LogP contribution in [0.25, 0.3) is 0 Å². The monoisotopic (exact) mass is 328 g/mol. The molecule has 0 spiro atoms. The van der Waals surface area contributed by atoms with E-state index in [1.807, 2.05) is 20.8 Å². The summed E-state index contributed by atoms with van der Waals surface area (Å²) in [6, 6.07) is 1.78. The molecule has 5 nitrogen and oxygen atoms in total. The summed E-state index contributed by atoms with van der Waals surface area (Å²) in [5.74, 6) is 0.469. The van der Waals surface area contributed by atoms with E-state index in [1.54, 1.807) is 12.3 Å². The van der Waals surface area contributed by atoms with Gasteiger partial charge < -0.3 is 9.84 Å². The van der Waals surface area contributed by atoms with Crippen LogP contribution in [0, 0.1) is 0 Å². The lowest BCUT2D eigenvalue weighted by atomic mass is 10.0. The van der Waals surface area contributed by atoms with E-state index in [1.165, 1.54) is 4.90 Å². The summed E-state index contributed by atoms with van der Waals surface area (Å²) in [5, 5.41) is 9.98. The number of rotatable bonds is 0. The van der Waals surface area contributed by atoms with Crippen molar-refractivity contribution < 1.29 is 14.6 Å².